The van der Waals surface area contributed by atoms with Crippen molar-refractivity contribution in [2.45, 2.75) is 20.0 Å². The van der Waals surface area contributed by atoms with Gasteiger partial charge in [0.15, 0.2) is 5.11 Å². The van der Waals surface area contributed by atoms with Crippen molar-refractivity contribution in [3.63, 3.8) is 0 Å². The molecule has 2 aromatic rings. The van der Waals surface area contributed by atoms with Crippen molar-refractivity contribution >= 4 is 80.8 Å². The molecule has 162 valence electrons. The number of amides is 1. The Morgan fingerprint density at radius 3 is 2.27 bits per heavy atom. The van der Waals surface area contributed by atoms with Crippen LogP contribution in [0.4, 0.5) is 11.4 Å². The van der Waals surface area contributed by atoms with Gasteiger partial charge < -0.3 is 16.4 Å². The minimum absolute atomic E-state index is 0.0647. The highest BCUT2D eigenvalue weighted by Crippen LogP contribution is 2.62. The molecule has 0 bridgehead atoms. The van der Waals surface area contributed by atoms with Crippen molar-refractivity contribution < 1.29 is 4.79 Å². The van der Waals surface area contributed by atoms with Gasteiger partial charge >= 0.3 is 0 Å². The van der Waals surface area contributed by atoms with E-state index in [2.05, 4.69) is 53.9 Å². The second-order valence-corrected chi connectivity index (χ2v) is 13.5. The molecule has 0 aliphatic carbocycles. The summed E-state index contributed by atoms with van der Waals surface area (Å²) in [7, 11) is -0.200. The normalized spacial score (nSPS) is 20.8. The Balaban J connectivity index is 1.81. The fourth-order valence-electron chi connectivity index (χ4n) is 3.58. The number of hydrogen-bond acceptors (Lipinski definition) is 5. The van der Waals surface area contributed by atoms with Gasteiger partial charge in [-0.2, -0.15) is 11.8 Å². The molecule has 0 saturated carbocycles. The number of thiol groups is 1. The van der Waals surface area contributed by atoms with Gasteiger partial charge in [0.05, 0.1) is 4.08 Å². The Hall–Kier alpha value is -1.00. The zero-order valence-corrected chi connectivity index (χ0v) is 21.6. The maximum absolute atomic E-state index is 11.2. The molecular weight excluding hydrogens is 471 g/mol. The predicted molar refractivity (Wildman–Crippen MR) is 145 cm³/mol. The molecule has 0 radical (unpaired) electrons. The quantitative estimate of drug-likeness (QED) is 0.237. The largest absolute Gasteiger partial charge is 0.366 e. The monoisotopic (exact) mass is 497 g/mol. The molecular formula is C21H27N3OS5. The molecule has 1 heterocycles. The van der Waals surface area contributed by atoms with Crippen LogP contribution in [0.3, 0.4) is 0 Å². The van der Waals surface area contributed by atoms with E-state index in [1.54, 1.807) is 24.3 Å². The van der Waals surface area contributed by atoms with E-state index in [0.717, 1.165) is 11.4 Å². The Bertz CT molecular complexity index is 931. The number of rotatable bonds is 6. The lowest BCUT2D eigenvalue weighted by Crippen LogP contribution is -2.29. The van der Waals surface area contributed by atoms with Crippen LogP contribution in [0.5, 0.6) is 0 Å². The number of thiocarbonyl (C=S) groups is 1. The van der Waals surface area contributed by atoms with Crippen LogP contribution in [0.15, 0.2) is 47.4 Å². The highest BCUT2D eigenvalue weighted by atomic mass is 32.2. The lowest BCUT2D eigenvalue weighted by atomic mass is 10.1. The van der Waals surface area contributed by atoms with E-state index >= 15 is 0 Å². The third-order valence-corrected chi connectivity index (χ3v) is 13.1. The number of primary amides is 1. The number of carbonyl (C=O) groups excluding carboxylic acids is 1. The smallest absolute Gasteiger partial charge is 0.248 e. The van der Waals surface area contributed by atoms with Crippen LogP contribution in [0, 0.1) is 0 Å². The minimum atomic E-state index is -0.443. The lowest BCUT2D eigenvalue weighted by molar-refractivity contribution is 0.100. The molecule has 0 spiro atoms. The van der Waals surface area contributed by atoms with E-state index in [1.165, 1.54) is 16.9 Å². The highest BCUT2D eigenvalue weighted by molar-refractivity contribution is 8.27. The van der Waals surface area contributed by atoms with Crippen molar-refractivity contribution in [3.05, 3.63) is 53.6 Å². The average Bonchev–Trinajstić information content (AvgIpc) is 2.75. The number of carbonyl (C=O) groups is 1. The first-order chi connectivity index (χ1) is 14.3. The Morgan fingerprint density at radius 1 is 1.10 bits per heavy atom. The molecule has 1 aliphatic rings. The highest BCUT2D eigenvalue weighted by Gasteiger charge is 2.41. The molecule has 1 amide bonds. The van der Waals surface area contributed by atoms with Crippen molar-refractivity contribution in [1.82, 2.24) is 0 Å². The van der Waals surface area contributed by atoms with E-state index < -0.39 is 5.91 Å². The Labute approximate surface area is 199 Å². The second kappa shape index (κ2) is 10.1. The second-order valence-electron chi connectivity index (χ2n) is 6.92. The van der Waals surface area contributed by atoms with Gasteiger partial charge in [-0.1, -0.05) is 0 Å². The lowest BCUT2D eigenvalue weighted by Gasteiger charge is -2.45. The summed E-state index contributed by atoms with van der Waals surface area (Å²) in [4.78, 5) is 12.7. The van der Waals surface area contributed by atoms with E-state index in [1.807, 2.05) is 35.3 Å². The van der Waals surface area contributed by atoms with Crippen LogP contribution in [-0.4, -0.2) is 40.6 Å². The summed E-state index contributed by atoms with van der Waals surface area (Å²) in [6.45, 7) is 0. The van der Waals surface area contributed by atoms with Crippen LogP contribution < -0.4 is 16.4 Å². The first kappa shape index (κ1) is 23.7. The predicted octanol–water partition coefficient (Wildman–Crippen LogP) is 5.56. The van der Waals surface area contributed by atoms with Crippen LogP contribution in [-0.2, 0) is 4.08 Å². The van der Waals surface area contributed by atoms with Crippen molar-refractivity contribution in [2.75, 3.05) is 35.7 Å². The number of nitrogens with two attached hydrogens (primary N) is 1. The number of anilines is 2. The third-order valence-electron chi connectivity index (χ3n) is 5.28. The number of hydrogen-bond donors (Lipinski definition) is 4. The van der Waals surface area contributed by atoms with Gasteiger partial charge in [0.25, 0.3) is 0 Å². The molecule has 30 heavy (non-hydrogen) atoms. The summed E-state index contributed by atoms with van der Waals surface area (Å²) in [6, 6.07) is 13.6. The van der Waals surface area contributed by atoms with Gasteiger partial charge in [0, 0.05) is 21.5 Å². The molecule has 0 saturated heterocycles. The molecule has 3 rings (SSSR count). The van der Waals surface area contributed by atoms with Gasteiger partial charge in [0.1, 0.15) is 0 Å². The van der Waals surface area contributed by atoms with Crippen LogP contribution in [0.2, 0.25) is 0 Å². The Morgan fingerprint density at radius 2 is 1.70 bits per heavy atom. The summed E-state index contributed by atoms with van der Waals surface area (Å²) in [5, 5.41) is 7.00. The van der Waals surface area contributed by atoms with Gasteiger partial charge in [-0.15, -0.1) is 23.5 Å². The SMILES string of the molecule is CSC1CC(SC)(SC)c2cc(NC(=S)Nc3ccc(C(N)=O)cc3)ccc2[SH]1C. The molecule has 4 N–H and O–H groups in total. The van der Waals surface area contributed by atoms with Crippen LogP contribution in [0.25, 0.3) is 0 Å². The topological polar surface area (TPSA) is 67.2 Å². The summed E-state index contributed by atoms with van der Waals surface area (Å²) in [5.41, 5.74) is 8.97. The van der Waals surface area contributed by atoms with E-state index in [0.29, 0.717) is 15.3 Å². The van der Waals surface area contributed by atoms with Crippen molar-refractivity contribution in [1.29, 1.82) is 0 Å². The summed E-state index contributed by atoms with van der Waals surface area (Å²) in [6.07, 6.45) is 10.2. The molecule has 1 aliphatic heterocycles. The Kier molecular flexibility index (Phi) is 7.95. The molecule has 0 aromatic heterocycles. The first-order valence-electron chi connectivity index (χ1n) is 9.32. The standard InChI is InChI=1S/C21H27N3OS5/c1-27-18-12-21(28-2,29-3)16-11-15(9-10-17(16)30(18)4)24-20(26)23-14-7-5-13(6-8-14)19(22)25/h5-11,18,30H,12H2,1-4H3,(H2,22,25)(H2,23,24,26). The van der Waals surface area contributed by atoms with Gasteiger partial charge in [-0.25, -0.2) is 10.9 Å². The average molecular weight is 498 g/mol. The first-order valence-corrected chi connectivity index (χ1v) is 15.3. The number of thioether (sulfide) groups is 3. The number of nitrogens with one attached hydrogen (secondary N) is 2. The fourth-order valence-corrected chi connectivity index (χ4v) is 10.4. The van der Waals surface area contributed by atoms with Gasteiger partial charge in [-0.3, -0.25) is 4.79 Å². The zero-order valence-electron chi connectivity index (χ0n) is 17.4. The van der Waals surface area contributed by atoms with E-state index in [9.17, 15) is 4.79 Å². The van der Waals surface area contributed by atoms with Crippen molar-refractivity contribution in [2.24, 2.45) is 5.73 Å². The fraction of sp³-hybridized carbons (Fsp3) is 0.333. The maximum Gasteiger partial charge on any atom is 0.248 e. The summed E-state index contributed by atoms with van der Waals surface area (Å²) in [5.74, 6) is -0.443. The number of benzene rings is 2. The van der Waals surface area contributed by atoms with Crippen LogP contribution >= 0.6 is 58.4 Å². The van der Waals surface area contributed by atoms with Gasteiger partial charge in [-0.05, 0) is 96.6 Å². The molecule has 0 fully saturated rings. The summed E-state index contributed by atoms with van der Waals surface area (Å²) >= 11 is 11.4. The summed E-state index contributed by atoms with van der Waals surface area (Å²) < 4.78 is 0.743. The van der Waals surface area contributed by atoms with E-state index in [-0.39, 0.29) is 15.0 Å². The number of fused-ring (bicyclic) bond motifs is 1. The van der Waals surface area contributed by atoms with Crippen molar-refractivity contribution in [3.8, 4) is 0 Å². The maximum atomic E-state index is 11.2. The molecule has 9 heteroatoms. The van der Waals surface area contributed by atoms with Crippen LogP contribution in [0.1, 0.15) is 22.3 Å². The van der Waals surface area contributed by atoms with E-state index in [4.69, 9.17) is 18.0 Å². The molecule has 2 unspecified atom stereocenters. The van der Waals surface area contributed by atoms with Gasteiger partial charge in [0.2, 0.25) is 5.91 Å². The molecule has 4 nitrogen and oxygen atoms in total. The minimum Gasteiger partial charge on any atom is -0.366 e. The molecule has 2 atom stereocenters. The third kappa shape index (κ3) is 4.91. The zero-order chi connectivity index (χ0) is 21.9. The molecule has 2 aromatic carbocycles.